The Balaban J connectivity index is 1.45. The highest BCUT2D eigenvalue weighted by molar-refractivity contribution is 5.94. The largest absolute Gasteiger partial charge is 0.497 e. The van der Waals surface area contributed by atoms with Gasteiger partial charge in [-0.05, 0) is 37.6 Å². The smallest absolute Gasteiger partial charge is 0.272 e. The van der Waals surface area contributed by atoms with E-state index >= 15 is 0 Å². The van der Waals surface area contributed by atoms with Crippen LogP contribution in [0.5, 0.6) is 5.75 Å². The summed E-state index contributed by atoms with van der Waals surface area (Å²) in [7, 11) is 1.63. The first-order valence-corrected chi connectivity index (χ1v) is 9.32. The molecule has 0 spiro atoms. The van der Waals surface area contributed by atoms with Gasteiger partial charge in [0.2, 0.25) is 0 Å². The summed E-state index contributed by atoms with van der Waals surface area (Å²) in [5.41, 5.74) is 2.05. The minimum Gasteiger partial charge on any atom is -0.497 e. The molecule has 1 atom stereocenters. The number of aromatic amines is 1. The molecule has 7 nitrogen and oxygen atoms in total. The standard InChI is InChI=1S/C21H23N5O2/c1-14-19(25-20(23-14)15-6-5-7-17(12-15)28-2)21(27)24-16-9-11-26(13-16)18-8-3-4-10-22-18/h3-8,10,12,16H,9,11,13H2,1-2H3,(H,23,25)(H,24,27). The number of hydrogen-bond acceptors (Lipinski definition) is 5. The van der Waals surface area contributed by atoms with Crippen LogP contribution >= 0.6 is 0 Å². The second kappa shape index (κ2) is 7.72. The van der Waals surface area contributed by atoms with Crippen LogP contribution in [0.2, 0.25) is 0 Å². The summed E-state index contributed by atoms with van der Waals surface area (Å²) in [6.07, 6.45) is 2.67. The van der Waals surface area contributed by atoms with E-state index in [9.17, 15) is 4.79 Å². The van der Waals surface area contributed by atoms with Crippen molar-refractivity contribution < 1.29 is 9.53 Å². The number of aryl methyl sites for hydroxylation is 1. The van der Waals surface area contributed by atoms with Crippen LogP contribution in [0.3, 0.4) is 0 Å². The summed E-state index contributed by atoms with van der Waals surface area (Å²) in [6.45, 7) is 3.48. The molecule has 28 heavy (non-hydrogen) atoms. The summed E-state index contributed by atoms with van der Waals surface area (Å²) in [5.74, 6) is 2.19. The van der Waals surface area contributed by atoms with Crippen molar-refractivity contribution in [3.63, 3.8) is 0 Å². The molecular weight excluding hydrogens is 354 g/mol. The number of aromatic nitrogens is 3. The lowest BCUT2D eigenvalue weighted by Crippen LogP contribution is -2.37. The summed E-state index contributed by atoms with van der Waals surface area (Å²) in [4.78, 5) is 27.1. The maximum Gasteiger partial charge on any atom is 0.272 e. The molecule has 1 aliphatic heterocycles. The van der Waals surface area contributed by atoms with Crippen molar-refractivity contribution in [2.45, 2.75) is 19.4 Å². The molecule has 0 saturated carbocycles. The predicted octanol–water partition coefficient (Wildman–Crippen LogP) is 2.80. The number of benzene rings is 1. The molecule has 144 valence electrons. The fraction of sp³-hybridized carbons (Fsp3) is 0.286. The zero-order chi connectivity index (χ0) is 19.5. The van der Waals surface area contributed by atoms with Crippen molar-refractivity contribution in [2.24, 2.45) is 0 Å². The zero-order valence-electron chi connectivity index (χ0n) is 16.0. The van der Waals surface area contributed by atoms with Crippen molar-refractivity contribution in [3.8, 4) is 17.1 Å². The lowest BCUT2D eigenvalue weighted by Gasteiger charge is -2.17. The van der Waals surface area contributed by atoms with Crippen LogP contribution < -0.4 is 15.0 Å². The van der Waals surface area contributed by atoms with Gasteiger partial charge in [0, 0.05) is 36.6 Å². The second-order valence-electron chi connectivity index (χ2n) is 6.88. The number of carbonyl (C=O) groups is 1. The highest BCUT2D eigenvalue weighted by atomic mass is 16.5. The molecule has 2 N–H and O–H groups in total. The third-order valence-corrected chi connectivity index (χ3v) is 4.94. The van der Waals surface area contributed by atoms with E-state index in [2.05, 4.69) is 25.2 Å². The Bertz CT molecular complexity index is 970. The van der Waals surface area contributed by atoms with E-state index in [1.165, 1.54) is 0 Å². The number of ether oxygens (including phenoxy) is 1. The number of amides is 1. The highest BCUT2D eigenvalue weighted by Crippen LogP contribution is 2.23. The lowest BCUT2D eigenvalue weighted by atomic mass is 10.2. The molecular formula is C21H23N5O2. The third-order valence-electron chi connectivity index (χ3n) is 4.94. The maximum absolute atomic E-state index is 12.8. The van der Waals surface area contributed by atoms with Crippen LogP contribution in [0, 0.1) is 6.92 Å². The monoisotopic (exact) mass is 377 g/mol. The Morgan fingerprint density at radius 1 is 1.29 bits per heavy atom. The number of imidazole rings is 1. The zero-order valence-corrected chi connectivity index (χ0v) is 16.0. The molecule has 1 unspecified atom stereocenters. The minimum absolute atomic E-state index is 0.0749. The predicted molar refractivity (Wildman–Crippen MR) is 108 cm³/mol. The molecule has 1 fully saturated rings. The third kappa shape index (κ3) is 3.69. The van der Waals surface area contributed by atoms with Crippen LogP contribution in [0.15, 0.2) is 48.7 Å². The van der Waals surface area contributed by atoms with Gasteiger partial charge in [0.15, 0.2) is 0 Å². The first-order chi connectivity index (χ1) is 13.6. The quantitative estimate of drug-likeness (QED) is 0.714. The summed E-state index contributed by atoms with van der Waals surface area (Å²) in [5, 5.41) is 3.11. The van der Waals surface area contributed by atoms with Gasteiger partial charge in [-0.25, -0.2) is 9.97 Å². The van der Waals surface area contributed by atoms with E-state index in [-0.39, 0.29) is 11.9 Å². The Labute approximate surface area is 163 Å². The van der Waals surface area contributed by atoms with Crippen LogP contribution in [-0.4, -0.2) is 47.1 Å². The average molecular weight is 377 g/mol. The van der Waals surface area contributed by atoms with Gasteiger partial charge in [0.05, 0.1) is 7.11 Å². The van der Waals surface area contributed by atoms with Crippen LogP contribution in [0.25, 0.3) is 11.4 Å². The molecule has 0 radical (unpaired) electrons. The van der Waals surface area contributed by atoms with E-state index in [4.69, 9.17) is 4.74 Å². The molecule has 1 saturated heterocycles. The van der Waals surface area contributed by atoms with E-state index in [1.807, 2.05) is 49.4 Å². The van der Waals surface area contributed by atoms with Gasteiger partial charge in [0.1, 0.15) is 23.1 Å². The van der Waals surface area contributed by atoms with Gasteiger partial charge in [-0.2, -0.15) is 0 Å². The molecule has 0 aliphatic carbocycles. The molecule has 4 rings (SSSR count). The van der Waals surface area contributed by atoms with Gasteiger partial charge in [-0.3, -0.25) is 4.79 Å². The maximum atomic E-state index is 12.8. The normalized spacial score (nSPS) is 16.2. The number of hydrogen-bond donors (Lipinski definition) is 2. The average Bonchev–Trinajstić information content (AvgIpc) is 3.35. The summed E-state index contributed by atoms with van der Waals surface area (Å²) < 4.78 is 5.27. The van der Waals surface area contributed by atoms with E-state index < -0.39 is 0 Å². The van der Waals surface area contributed by atoms with E-state index in [0.29, 0.717) is 11.5 Å². The fourth-order valence-corrected chi connectivity index (χ4v) is 3.47. The van der Waals surface area contributed by atoms with Crippen molar-refractivity contribution >= 4 is 11.7 Å². The first-order valence-electron chi connectivity index (χ1n) is 9.32. The number of methoxy groups -OCH3 is 1. The van der Waals surface area contributed by atoms with Crippen LogP contribution in [0.1, 0.15) is 22.6 Å². The Morgan fingerprint density at radius 2 is 2.18 bits per heavy atom. The van der Waals surface area contributed by atoms with Crippen molar-refractivity contribution in [3.05, 3.63) is 60.0 Å². The molecule has 2 aromatic heterocycles. The minimum atomic E-state index is -0.157. The van der Waals surface area contributed by atoms with E-state index in [0.717, 1.165) is 42.3 Å². The summed E-state index contributed by atoms with van der Waals surface area (Å²) >= 11 is 0. The van der Waals surface area contributed by atoms with Crippen LogP contribution in [-0.2, 0) is 0 Å². The lowest BCUT2D eigenvalue weighted by molar-refractivity contribution is 0.0935. The number of nitrogens with zero attached hydrogens (tertiary/aromatic N) is 3. The van der Waals surface area contributed by atoms with Gasteiger partial charge in [-0.15, -0.1) is 0 Å². The Hall–Kier alpha value is -3.35. The highest BCUT2D eigenvalue weighted by Gasteiger charge is 2.26. The van der Waals surface area contributed by atoms with Crippen molar-refractivity contribution in [2.75, 3.05) is 25.1 Å². The SMILES string of the molecule is COc1cccc(-c2nc(C(=O)NC3CCN(c4ccccn4)C3)c(C)[nH]2)c1. The molecule has 1 amide bonds. The topological polar surface area (TPSA) is 83.1 Å². The summed E-state index contributed by atoms with van der Waals surface area (Å²) in [6, 6.07) is 13.5. The molecule has 0 bridgehead atoms. The molecule has 3 heterocycles. The Kier molecular flexibility index (Phi) is 4.97. The molecule has 1 aliphatic rings. The molecule has 7 heteroatoms. The number of anilines is 1. The van der Waals surface area contributed by atoms with Crippen molar-refractivity contribution in [1.82, 2.24) is 20.3 Å². The number of carbonyl (C=O) groups excluding carboxylic acids is 1. The van der Waals surface area contributed by atoms with E-state index in [1.54, 1.807) is 13.3 Å². The van der Waals surface area contributed by atoms with Gasteiger partial charge < -0.3 is 19.9 Å². The number of nitrogens with one attached hydrogen (secondary N) is 2. The van der Waals surface area contributed by atoms with Gasteiger partial charge in [0.25, 0.3) is 5.91 Å². The van der Waals surface area contributed by atoms with Gasteiger partial charge in [-0.1, -0.05) is 18.2 Å². The number of pyridine rings is 1. The number of rotatable bonds is 5. The molecule has 3 aromatic rings. The fourth-order valence-electron chi connectivity index (χ4n) is 3.47. The van der Waals surface area contributed by atoms with Gasteiger partial charge >= 0.3 is 0 Å². The van der Waals surface area contributed by atoms with Crippen LogP contribution in [0.4, 0.5) is 5.82 Å². The molecule has 1 aromatic carbocycles. The Morgan fingerprint density at radius 3 is 2.96 bits per heavy atom. The first kappa shape index (κ1) is 18.0. The second-order valence-corrected chi connectivity index (χ2v) is 6.88. The number of H-pyrrole nitrogens is 1. The van der Waals surface area contributed by atoms with Crippen molar-refractivity contribution in [1.29, 1.82) is 0 Å².